The molecule has 0 unspecified atom stereocenters. The quantitative estimate of drug-likeness (QED) is 0.253. The van der Waals surface area contributed by atoms with Crippen LogP contribution in [0.4, 0.5) is 5.69 Å². The number of carbonyl (C=O) groups is 1. The first-order valence-electron chi connectivity index (χ1n) is 14.2. The number of benzene rings is 1. The lowest BCUT2D eigenvalue weighted by atomic mass is 9.60. The fourth-order valence-electron chi connectivity index (χ4n) is 6.62. The van der Waals surface area contributed by atoms with Crippen molar-refractivity contribution in [2.45, 2.75) is 51.4 Å². The lowest BCUT2D eigenvalue weighted by Gasteiger charge is -2.50. The Morgan fingerprint density at radius 1 is 1.20 bits per heavy atom. The average Bonchev–Trinajstić information content (AvgIpc) is 3.72. The molecule has 8 heteroatoms. The van der Waals surface area contributed by atoms with E-state index in [-0.39, 0.29) is 5.69 Å². The summed E-state index contributed by atoms with van der Waals surface area (Å²) >= 11 is 6.60. The Bertz CT molecular complexity index is 1730. The van der Waals surface area contributed by atoms with Crippen molar-refractivity contribution in [2.75, 3.05) is 18.0 Å². The van der Waals surface area contributed by atoms with Crippen LogP contribution >= 0.6 is 11.6 Å². The summed E-state index contributed by atoms with van der Waals surface area (Å²) in [6.45, 7) is 7.89. The largest absolute Gasteiger partial charge is 0.477 e. The van der Waals surface area contributed by atoms with Gasteiger partial charge >= 0.3 is 5.97 Å². The van der Waals surface area contributed by atoms with Crippen LogP contribution in [0.3, 0.4) is 0 Å². The van der Waals surface area contributed by atoms with Crippen LogP contribution in [-0.2, 0) is 0 Å². The molecule has 3 aromatic heterocycles. The van der Waals surface area contributed by atoms with Crippen molar-refractivity contribution in [3.8, 4) is 11.3 Å². The van der Waals surface area contributed by atoms with E-state index in [1.54, 1.807) is 24.5 Å². The molecule has 0 bridgehead atoms. The molecular weight excluding hydrogens is 536 g/mol. The second-order valence-corrected chi connectivity index (χ2v) is 12.3. The fraction of sp³-hybridized carbons (Fsp3) is 0.333. The highest BCUT2D eigenvalue weighted by molar-refractivity contribution is 6.33. The number of pyridine rings is 2. The van der Waals surface area contributed by atoms with Crippen LogP contribution in [0.1, 0.15) is 77.4 Å². The molecular formula is C33H31ClN4O3. The third-order valence-electron chi connectivity index (χ3n) is 9.05. The zero-order valence-corrected chi connectivity index (χ0v) is 23.7. The van der Waals surface area contributed by atoms with Gasteiger partial charge in [0, 0.05) is 59.2 Å². The predicted octanol–water partition coefficient (Wildman–Crippen LogP) is 7.93. The number of aryl methyl sites for hydroxylation is 1. The number of nitrogens with zero attached hydrogens (tertiary/aromatic N) is 4. The van der Waals surface area contributed by atoms with Crippen LogP contribution in [0.25, 0.3) is 34.3 Å². The van der Waals surface area contributed by atoms with Gasteiger partial charge < -0.3 is 14.5 Å². The fourth-order valence-corrected chi connectivity index (χ4v) is 6.88. The third-order valence-corrected chi connectivity index (χ3v) is 9.34. The molecule has 4 heterocycles. The Labute approximate surface area is 243 Å². The van der Waals surface area contributed by atoms with Gasteiger partial charge in [-0.25, -0.2) is 9.78 Å². The van der Waals surface area contributed by atoms with Crippen molar-refractivity contribution < 1.29 is 14.4 Å². The van der Waals surface area contributed by atoms with Crippen molar-refractivity contribution >= 4 is 46.3 Å². The van der Waals surface area contributed by atoms with Crippen LogP contribution in [0, 0.1) is 12.3 Å². The summed E-state index contributed by atoms with van der Waals surface area (Å²) in [6.07, 6.45) is 14.2. The predicted molar refractivity (Wildman–Crippen MR) is 161 cm³/mol. The molecule has 2 aliphatic carbocycles. The molecule has 41 heavy (non-hydrogen) atoms. The van der Waals surface area contributed by atoms with Crippen LogP contribution in [0.5, 0.6) is 0 Å². The maximum absolute atomic E-state index is 11.4. The normalized spacial score (nSPS) is 18.0. The Morgan fingerprint density at radius 3 is 2.68 bits per heavy atom. The monoisotopic (exact) mass is 566 g/mol. The number of halogens is 1. The zero-order valence-electron chi connectivity index (χ0n) is 23.0. The van der Waals surface area contributed by atoms with Gasteiger partial charge in [0.25, 0.3) is 0 Å². The van der Waals surface area contributed by atoms with Crippen molar-refractivity contribution in [1.29, 1.82) is 0 Å². The lowest BCUT2D eigenvalue weighted by Crippen LogP contribution is -2.44. The number of aromatic nitrogens is 3. The molecule has 1 aromatic carbocycles. The van der Waals surface area contributed by atoms with E-state index in [9.17, 15) is 9.90 Å². The van der Waals surface area contributed by atoms with E-state index in [0.717, 1.165) is 96.2 Å². The van der Waals surface area contributed by atoms with Crippen molar-refractivity contribution in [3.63, 3.8) is 0 Å². The summed E-state index contributed by atoms with van der Waals surface area (Å²) in [6, 6.07) is 7.82. The van der Waals surface area contributed by atoms with Gasteiger partial charge in [-0.2, -0.15) is 0 Å². The Balaban J connectivity index is 1.09. The van der Waals surface area contributed by atoms with Gasteiger partial charge in [-0.1, -0.05) is 35.0 Å². The van der Waals surface area contributed by atoms with Crippen LogP contribution in [0.15, 0.2) is 53.3 Å². The average molecular weight is 567 g/mol. The van der Waals surface area contributed by atoms with Crippen LogP contribution in [0.2, 0.25) is 5.02 Å². The summed E-state index contributed by atoms with van der Waals surface area (Å²) in [4.78, 5) is 22.4. The highest BCUT2D eigenvalue weighted by atomic mass is 35.5. The van der Waals surface area contributed by atoms with Gasteiger partial charge in [0.05, 0.1) is 10.5 Å². The first-order chi connectivity index (χ1) is 19.8. The van der Waals surface area contributed by atoms with E-state index in [4.69, 9.17) is 16.1 Å². The first-order valence-corrected chi connectivity index (χ1v) is 14.6. The van der Waals surface area contributed by atoms with E-state index in [1.165, 1.54) is 11.3 Å². The number of aromatic carboxylic acids is 1. The Hall–Kier alpha value is -3.97. The maximum atomic E-state index is 11.4. The lowest BCUT2D eigenvalue weighted by molar-refractivity contribution is 0.0691. The van der Waals surface area contributed by atoms with E-state index < -0.39 is 5.97 Å². The van der Waals surface area contributed by atoms with Crippen molar-refractivity contribution in [1.82, 2.24) is 15.1 Å². The zero-order chi connectivity index (χ0) is 28.3. The summed E-state index contributed by atoms with van der Waals surface area (Å²) in [7, 11) is 0. The van der Waals surface area contributed by atoms with Gasteiger partial charge in [-0.3, -0.25) is 4.98 Å². The maximum Gasteiger partial charge on any atom is 0.354 e. The topological polar surface area (TPSA) is 92.4 Å². The van der Waals surface area contributed by atoms with E-state index in [1.807, 2.05) is 13.0 Å². The first kappa shape index (κ1) is 26.0. The Morgan fingerprint density at radius 2 is 1.98 bits per heavy atom. The minimum Gasteiger partial charge on any atom is -0.477 e. The molecule has 4 aromatic rings. The van der Waals surface area contributed by atoms with Crippen molar-refractivity contribution in [2.24, 2.45) is 5.41 Å². The van der Waals surface area contributed by atoms with Gasteiger partial charge in [0.1, 0.15) is 17.1 Å². The van der Waals surface area contributed by atoms with Crippen molar-refractivity contribution in [3.05, 3.63) is 82.0 Å². The summed E-state index contributed by atoms with van der Waals surface area (Å²) in [5.41, 5.74) is 8.24. The summed E-state index contributed by atoms with van der Waals surface area (Å²) < 4.78 is 5.91. The molecule has 1 spiro atoms. The number of fused-ring (bicyclic) bond motifs is 1. The summed E-state index contributed by atoms with van der Waals surface area (Å²) in [5, 5.41) is 15.4. The molecule has 1 saturated heterocycles. The molecule has 1 aliphatic heterocycles. The van der Waals surface area contributed by atoms with E-state index in [2.05, 4.69) is 44.8 Å². The molecule has 3 aliphatic rings. The molecule has 0 radical (unpaired) electrons. The van der Waals surface area contributed by atoms with Gasteiger partial charge in [-0.05, 0) is 86.8 Å². The molecule has 208 valence electrons. The smallest absolute Gasteiger partial charge is 0.354 e. The molecule has 7 rings (SSSR count). The number of hydrogen-bond acceptors (Lipinski definition) is 6. The second-order valence-electron chi connectivity index (χ2n) is 11.8. The van der Waals surface area contributed by atoms with E-state index in [0.29, 0.717) is 16.4 Å². The number of anilines is 1. The SMILES string of the molecule is C=Cc1cncc(Cl)c1-c1noc(C2CC2)c1C=C1CC2(CCN(c3ccc4nc(C(=O)O)cc(C)c4c3)CC2)C1. The second kappa shape index (κ2) is 9.84. The van der Waals surface area contributed by atoms with Crippen LogP contribution < -0.4 is 4.90 Å². The highest BCUT2D eigenvalue weighted by Crippen LogP contribution is 2.54. The Kier molecular flexibility index (Phi) is 6.23. The number of allylic oxidation sites excluding steroid dienone is 1. The van der Waals surface area contributed by atoms with Crippen LogP contribution in [-0.4, -0.2) is 39.3 Å². The van der Waals surface area contributed by atoms with E-state index >= 15 is 0 Å². The molecule has 3 fully saturated rings. The number of piperidine rings is 1. The number of rotatable bonds is 6. The number of carboxylic acids is 1. The molecule has 1 N–H and O–H groups in total. The molecule has 2 saturated carbocycles. The number of carboxylic acid groups (broad SMARTS) is 1. The standard InChI is InChI=1S/C33H31ClN4O3/c1-3-21-17-35-18-26(34)29(21)30-25(31(41-37-30)22-4-5-22)13-20-15-33(16-20)8-10-38(11-9-33)23-6-7-27-24(14-23)19(2)12-28(36-27)32(39)40/h3,6-7,12-14,17-18,22H,1,4-5,8-11,15-16H2,2H3,(H,39,40). The van der Waals surface area contributed by atoms with Gasteiger partial charge in [-0.15, -0.1) is 0 Å². The third kappa shape index (κ3) is 4.62. The highest BCUT2D eigenvalue weighted by Gasteiger charge is 2.43. The summed E-state index contributed by atoms with van der Waals surface area (Å²) in [5.74, 6) is 0.411. The van der Waals surface area contributed by atoms with Gasteiger partial charge in [0.2, 0.25) is 0 Å². The molecule has 7 nitrogen and oxygen atoms in total. The minimum atomic E-state index is -0.999. The molecule has 0 amide bonds. The van der Waals surface area contributed by atoms with Gasteiger partial charge in [0.15, 0.2) is 0 Å². The minimum absolute atomic E-state index is 0.0871. The number of hydrogen-bond donors (Lipinski definition) is 1. The molecule has 0 atom stereocenters.